The predicted molar refractivity (Wildman–Crippen MR) is 111 cm³/mol. The van der Waals surface area contributed by atoms with Gasteiger partial charge in [-0.25, -0.2) is 0 Å². The van der Waals surface area contributed by atoms with Crippen LogP contribution in [0.15, 0.2) is 46.4 Å². The quantitative estimate of drug-likeness (QED) is 0.610. The van der Waals surface area contributed by atoms with Gasteiger partial charge in [0.15, 0.2) is 23.0 Å². The van der Waals surface area contributed by atoms with E-state index in [0.29, 0.717) is 58.3 Å². The zero-order valence-corrected chi connectivity index (χ0v) is 18.2. The van der Waals surface area contributed by atoms with Gasteiger partial charge in [-0.15, -0.1) is 0 Å². The number of ketones is 1. The number of benzene rings is 1. The maximum Gasteiger partial charge on any atom is 0.255 e. The molecule has 4 aliphatic rings. The number of hydrogen-bond donors (Lipinski definition) is 0. The first-order valence-electron chi connectivity index (χ1n) is 9.70. The molecule has 7 nitrogen and oxygen atoms in total. The molecule has 1 atom stereocenters. The second kappa shape index (κ2) is 7.19. The lowest BCUT2D eigenvalue weighted by atomic mass is 9.83. The highest BCUT2D eigenvalue weighted by molar-refractivity contribution is 9.09. The van der Waals surface area contributed by atoms with Crippen LogP contribution in [0.4, 0.5) is 0 Å². The lowest BCUT2D eigenvalue weighted by molar-refractivity contribution is -0.129. The van der Waals surface area contributed by atoms with Crippen LogP contribution < -0.4 is 9.47 Å². The van der Waals surface area contributed by atoms with Crippen molar-refractivity contribution in [3.8, 4) is 11.5 Å². The first-order valence-corrected chi connectivity index (χ1v) is 10.8. The molecule has 0 spiro atoms. The van der Waals surface area contributed by atoms with Crippen molar-refractivity contribution in [2.45, 2.75) is 18.9 Å². The number of carbonyl (C=O) groups is 2. The van der Waals surface area contributed by atoms with Gasteiger partial charge >= 0.3 is 0 Å². The van der Waals surface area contributed by atoms with E-state index in [1.165, 1.54) is 0 Å². The molecule has 156 valence electrons. The minimum Gasteiger partial charge on any atom is -0.497 e. The van der Waals surface area contributed by atoms with Gasteiger partial charge < -0.3 is 23.8 Å². The van der Waals surface area contributed by atoms with E-state index in [4.69, 9.17) is 18.9 Å². The van der Waals surface area contributed by atoms with Crippen molar-refractivity contribution in [3.05, 3.63) is 57.6 Å². The van der Waals surface area contributed by atoms with Crippen LogP contribution >= 0.6 is 15.9 Å². The number of ether oxygens (including phenoxy) is 4. The third kappa shape index (κ3) is 2.62. The Kier molecular flexibility index (Phi) is 4.61. The number of rotatable bonds is 5. The van der Waals surface area contributed by atoms with E-state index >= 15 is 0 Å². The van der Waals surface area contributed by atoms with Crippen LogP contribution in [0.1, 0.15) is 34.8 Å². The maximum atomic E-state index is 13.5. The summed E-state index contributed by atoms with van der Waals surface area (Å²) in [5, 5.41) is 0.757. The number of hydrogen-bond acceptors (Lipinski definition) is 6. The van der Waals surface area contributed by atoms with E-state index in [9.17, 15) is 9.59 Å². The fourth-order valence-electron chi connectivity index (χ4n) is 4.58. The Hall–Kier alpha value is -2.74. The van der Waals surface area contributed by atoms with Crippen molar-refractivity contribution < 1.29 is 28.5 Å². The van der Waals surface area contributed by atoms with Crippen molar-refractivity contribution in [1.29, 1.82) is 0 Å². The second-order valence-corrected chi connectivity index (χ2v) is 8.18. The third-order valence-electron chi connectivity index (χ3n) is 5.94. The van der Waals surface area contributed by atoms with E-state index in [2.05, 4.69) is 15.9 Å². The van der Waals surface area contributed by atoms with E-state index < -0.39 is 6.04 Å². The molecular formula is C22H20BrNO6. The summed E-state index contributed by atoms with van der Waals surface area (Å²) in [5.41, 5.74) is 3.17. The molecule has 0 saturated heterocycles. The van der Waals surface area contributed by atoms with Crippen molar-refractivity contribution in [1.82, 2.24) is 4.90 Å². The van der Waals surface area contributed by atoms with Gasteiger partial charge in [-0.3, -0.25) is 9.59 Å². The van der Waals surface area contributed by atoms with Crippen LogP contribution in [0.5, 0.6) is 11.5 Å². The Morgan fingerprint density at radius 2 is 1.93 bits per heavy atom. The summed E-state index contributed by atoms with van der Waals surface area (Å²) in [4.78, 5) is 28.9. The van der Waals surface area contributed by atoms with Crippen molar-refractivity contribution in [3.63, 3.8) is 0 Å². The SMILES string of the molecule is COC1=C(OC)CC2=C3C(=O)c4cc5c(cc4C3N(CCCBr)C(=O)C2=C1)OCO5. The number of Topliss-reactive ketones (excluding diaryl/α,β-unsaturated/α-hetero) is 1. The Bertz CT molecular complexity index is 1070. The molecule has 8 heteroatoms. The fraction of sp³-hybridized carbons (Fsp3) is 0.364. The average Bonchev–Trinajstić information content (AvgIpc) is 3.33. The molecule has 0 fully saturated rings. The van der Waals surface area contributed by atoms with Gasteiger partial charge in [-0.2, -0.15) is 0 Å². The van der Waals surface area contributed by atoms with Crippen LogP contribution in [0.3, 0.4) is 0 Å². The van der Waals surface area contributed by atoms with Crippen LogP contribution in [-0.4, -0.2) is 49.5 Å². The number of allylic oxidation sites excluding steroid dienone is 2. The molecule has 0 radical (unpaired) electrons. The van der Waals surface area contributed by atoms with Crippen molar-refractivity contribution >= 4 is 27.6 Å². The number of carbonyl (C=O) groups excluding carboxylic acids is 2. The third-order valence-corrected chi connectivity index (χ3v) is 6.50. The van der Waals surface area contributed by atoms with Gasteiger partial charge in [-0.05, 0) is 35.8 Å². The Morgan fingerprint density at radius 1 is 1.17 bits per heavy atom. The molecule has 0 bridgehead atoms. The number of halogens is 1. The van der Waals surface area contributed by atoms with Gasteiger partial charge in [0.25, 0.3) is 5.91 Å². The van der Waals surface area contributed by atoms with Crippen LogP contribution in [-0.2, 0) is 14.3 Å². The Labute approximate surface area is 182 Å². The largest absolute Gasteiger partial charge is 0.497 e. The molecule has 30 heavy (non-hydrogen) atoms. The van der Waals surface area contributed by atoms with E-state index in [-0.39, 0.29) is 18.5 Å². The van der Waals surface area contributed by atoms with Gasteiger partial charge in [0, 0.05) is 35.0 Å². The summed E-state index contributed by atoms with van der Waals surface area (Å²) in [7, 11) is 3.10. The topological polar surface area (TPSA) is 74.3 Å². The number of methoxy groups -OCH3 is 2. The van der Waals surface area contributed by atoms with Gasteiger partial charge in [0.05, 0.1) is 20.3 Å². The highest BCUT2D eigenvalue weighted by Crippen LogP contribution is 2.52. The van der Waals surface area contributed by atoms with E-state index in [0.717, 1.165) is 17.3 Å². The van der Waals surface area contributed by atoms with E-state index in [1.54, 1.807) is 31.3 Å². The standard InChI is InChI=1S/C22H20BrNO6/c1-27-15-6-11-14(9-16(15)28-2)22(26)24(5-3-4-23)20-12-7-17-18(30-10-29-17)8-13(12)21(25)19(11)20/h7-9,20H,3-6,10H2,1-2H3. The first-order chi connectivity index (χ1) is 14.6. The second-order valence-electron chi connectivity index (χ2n) is 7.39. The maximum absolute atomic E-state index is 13.5. The Balaban J connectivity index is 1.72. The molecule has 2 aliphatic heterocycles. The normalized spacial score (nSPS) is 21.5. The molecular weight excluding hydrogens is 454 g/mol. The van der Waals surface area contributed by atoms with Crippen LogP contribution in [0, 0.1) is 0 Å². The fourth-order valence-corrected chi connectivity index (χ4v) is 4.83. The molecule has 1 unspecified atom stereocenters. The highest BCUT2D eigenvalue weighted by Gasteiger charge is 2.48. The zero-order chi connectivity index (χ0) is 21.0. The van der Waals surface area contributed by atoms with Crippen molar-refractivity contribution in [2.24, 2.45) is 0 Å². The lowest BCUT2D eigenvalue weighted by Crippen LogP contribution is -2.42. The molecule has 2 heterocycles. The zero-order valence-electron chi connectivity index (χ0n) is 16.6. The first kappa shape index (κ1) is 19.2. The van der Waals surface area contributed by atoms with Gasteiger partial charge in [-0.1, -0.05) is 15.9 Å². The average molecular weight is 474 g/mol. The summed E-state index contributed by atoms with van der Waals surface area (Å²) in [5.74, 6) is 2.08. The predicted octanol–water partition coefficient (Wildman–Crippen LogP) is 3.41. The highest BCUT2D eigenvalue weighted by atomic mass is 79.9. The Morgan fingerprint density at radius 3 is 2.63 bits per heavy atom. The number of amides is 1. The summed E-state index contributed by atoms with van der Waals surface area (Å²) >= 11 is 3.45. The minimum atomic E-state index is -0.442. The van der Waals surface area contributed by atoms with Gasteiger partial charge in [0.1, 0.15) is 5.76 Å². The minimum absolute atomic E-state index is 0.0816. The van der Waals surface area contributed by atoms with E-state index in [1.807, 2.05) is 6.07 Å². The molecule has 5 rings (SSSR count). The molecule has 1 aromatic carbocycles. The summed E-state index contributed by atoms with van der Waals surface area (Å²) in [6.07, 6.45) is 2.79. The number of nitrogens with zero attached hydrogens (tertiary/aromatic N) is 1. The molecule has 0 saturated carbocycles. The smallest absolute Gasteiger partial charge is 0.255 e. The summed E-state index contributed by atoms with van der Waals surface area (Å²) < 4.78 is 21.9. The summed E-state index contributed by atoms with van der Waals surface area (Å²) in [6, 6.07) is 3.13. The van der Waals surface area contributed by atoms with Crippen LogP contribution in [0.2, 0.25) is 0 Å². The lowest BCUT2D eigenvalue weighted by Gasteiger charge is -2.38. The molecule has 1 aromatic rings. The summed E-state index contributed by atoms with van der Waals surface area (Å²) in [6.45, 7) is 0.652. The molecule has 2 aliphatic carbocycles. The monoisotopic (exact) mass is 473 g/mol. The van der Waals surface area contributed by atoms with Crippen LogP contribution in [0.25, 0.3) is 0 Å². The van der Waals surface area contributed by atoms with Crippen molar-refractivity contribution in [2.75, 3.05) is 32.9 Å². The molecule has 0 N–H and O–H groups in total. The van der Waals surface area contributed by atoms with Gasteiger partial charge in [0.2, 0.25) is 6.79 Å². The molecule has 0 aromatic heterocycles. The molecule has 1 amide bonds. The number of fused-ring (bicyclic) bond motifs is 5. The number of alkyl halides is 1.